The van der Waals surface area contributed by atoms with Crippen LogP contribution in [0.4, 0.5) is 5.69 Å². The van der Waals surface area contributed by atoms with E-state index < -0.39 is 6.10 Å². The van der Waals surface area contributed by atoms with Gasteiger partial charge in [0.05, 0.1) is 35.7 Å². The molecule has 0 aliphatic rings. The maximum atomic E-state index is 12.5. The van der Waals surface area contributed by atoms with Crippen LogP contribution >= 0.6 is 0 Å². The highest BCUT2D eigenvalue weighted by atomic mass is 16.5. The van der Waals surface area contributed by atoms with Gasteiger partial charge in [-0.25, -0.2) is 4.98 Å². The van der Waals surface area contributed by atoms with E-state index in [1.54, 1.807) is 32.4 Å². The maximum absolute atomic E-state index is 12.5. The van der Waals surface area contributed by atoms with Crippen molar-refractivity contribution in [3.8, 4) is 22.8 Å². The van der Waals surface area contributed by atoms with Gasteiger partial charge in [0.1, 0.15) is 11.5 Å². The fraction of sp³-hybridized carbons (Fsp3) is 0.125. The van der Waals surface area contributed by atoms with Gasteiger partial charge in [0, 0.05) is 5.56 Å². The van der Waals surface area contributed by atoms with Crippen LogP contribution in [-0.4, -0.2) is 29.1 Å². The summed E-state index contributed by atoms with van der Waals surface area (Å²) in [6, 6.07) is 22.4. The number of methoxy groups -OCH3 is 1. The van der Waals surface area contributed by atoms with Gasteiger partial charge in [0.2, 0.25) is 0 Å². The Morgan fingerprint density at radius 1 is 0.933 bits per heavy atom. The van der Waals surface area contributed by atoms with Crippen molar-refractivity contribution in [2.75, 3.05) is 12.4 Å². The zero-order valence-corrected chi connectivity index (χ0v) is 16.7. The Kier molecular flexibility index (Phi) is 5.57. The number of aromatic nitrogens is 2. The Morgan fingerprint density at radius 2 is 1.63 bits per heavy atom. The van der Waals surface area contributed by atoms with Crippen LogP contribution in [0.25, 0.3) is 22.3 Å². The van der Waals surface area contributed by atoms with Crippen molar-refractivity contribution < 1.29 is 14.3 Å². The van der Waals surface area contributed by atoms with Gasteiger partial charge in [-0.15, -0.1) is 0 Å². The average Bonchev–Trinajstić information content (AvgIpc) is 2.79. The van der Waals surface area contributed by atoms with E-state index in [0.29, 0.717) is 17.2 Å². The second-order valence-corrected chi connectivity index (χ2v) is 6.72. The molecule has 4 rings (SSSR count). The highest BCUT2D eigenvalue weighted by Crippen LogP contribution is 2.25. The number of carbonyl (C=O) groups is 1. The maximum Gasteiger partial charge on any atom is 0.265 e. The van der Waals surface area contributed by atoms with Crippen LogP contribution in [0, 0.1) is 0 Å². The second kappa shape index (κ2) is 8.61. The molecule has 0 aliphatic heterocycles. The van der Waals surface area contributed by atoms with E-state index in [-0.39, 0.29) is 5.91 Å². The minimum atomic E-state index is -0.679. The Labute approximate surface area is 174 Å². The Hall–Kier alpha value is -3.93. The molecule has 1 atom stereocenters. The van der Waals surface area contributed by atoms with Gasteiger partial charge >= 0.3 is 0 Å². The van der Waals surface area contributed by atoms with Crippen LogP contribution in [0.5, 0.6) is 11.5 Å². The highest BCUT2D eigenvalue weighted by molar-refractivity contribution is 5.95. The average molecular weight is 399 g/mol. The topological polar surface area (TPSA) is 73.3 Å². The lowest BCUT2D eigenvalue weighted by Crippen LogP contribution is -2.30. The molecule has 150 valence electrons. The number of hydrogen-bond donors (Lipinski definition) is 1. The minimum Gasteiger partial charge on any atom is -0.495 e. The van der Waals surface area contributed by atoms with E-state index in [1.165, 1.54) is 0 Å². The van der Waals surface area contributed by atoms with Gasteiger partial charge in [0.25, 0.3) is 5.91 Å². The fourth-order valence-electron chi connectivity index (χ4n) is 3.04. The summed E-state index contributed by atoms with van der Waals surface area (Å²) in [7, 11) is 1.56. The zero-order valence-electron chi connectivity index (χ0n) is 16.7. The predicted molar refractivity (Wildman–Crippen MR) is 117 cm³/mol. The van der Waals surface area contributed by atoms with Gasteiger partial charge in [-0.05, 0) is 55.5 Å². The first-order chi connectivity index (χ1) is 14.6. The van der Waals surface area contributed by atoms with Gasteiger partial charge in [-0.1, -0.05) is 24.3 Å². The van der Waals surface area contributed by atoms with Crippen molar-refractivity contribution in [2.24, 2.45) is 0 Å². The molecule has 0 aliphatic carbocycles. The number of amides is 1. The Balaban J connectivity index is 1.44. The van der Waals surface area contributed by atoms with E-state index in [1.807, 2.05) is 60.7 Å². The number of ether oxygens (including phenoxy) is 2. The van der Waals surface area contributed by atoms with Crippen molar-refractivity contribution >= 4 is 22.6 Å². The van der Waals surface area contributed by atoms with Crippen molar-refractivity contribution in [1.82, 2.24) is 9.97 Å². The standard InChI is InChI=1S/C24H21N3O3/c1-16(24(28)27-21-9-5-6-10-23(21)29-2)30-18-13-11-17(12-14-18)22-15-25-19-7-3-4-8-20(19)26-22/h3-16H,1-2H3,(H,27,28). The number of anilines is 1. The molecule has 0 saturated carbocycles. The summed E-state index contributed by atoms with van der Waals surface area (Å²) in [6.45, 7) is 1.70. The first kappa shape index (κ1) is 19.4. The number of nitrogens with zero attached hydrogens (tertiary/aromatic N) is 2. The third-order valence-electron chi connectivity index (χ3n) is 4.65. The minimum absolute atomic E-state index is 0.260. The molecule has 0 spiro atoms. The summed E-state index contributed by atoms with van der Waals surface area (Å²) in [5.41, 5.74) is 4.01. The van der Waals surface area contributed by atoms with Crippen molar-refractivity contribution in [1.29, 1.82) is 0 Å². The van der Waals surface area contributed by atoms with Crippen LogP contribution in [0.1, 0.15) is 6.92 Å². The number of hydrogen-bond acceptors (Lipinski definition) is 5. The number of fused-ring (bicyclic) bond motifs is 1. The third-order valence-corrected chi connectivity index (χ3v) is 4.65. The van der Waals surface area contributed by atoms with Gasteiger partial charge < -0.3 is 14.8 Å². The van der Waals surface area contributed by atoms with Crippen LogP contribution < -0.4 is 14.8 Å². The Bertz CT molecular complexity index is 1180. The van der Waals surface area contributed by atoms with Crippen LogP contribution in [0.3, 0.4) is 0 Å². The van der Waals surface area contributed by atoms with Crippen molar-refractivity contribution in [3.63, 3.8) is 0 Å². The van der Waals surface area contributed by atoms with E-state index in [9.17, 15) is 4.79 Å². The summed E-state index contributed by atoms with van der Waals surface area (Å²) < 4.78 is 11.1. The predicted octanol–water partition coefficient (Wildman–Crippen LogP) is 4.71. The molecule has 6 nitrogen and oxygen atoms in total. The molecule has 1 heterocycles. The molecule has 0 saturated heterocycles. The van der Waals surface area contributed by atoms with Crippen molar-refractivity contribution in [3.05, 3.63) is 79.0 Å². The third kappa shape index (κ3) is 4.22. The molecule has 0 bridgehead atoms. The molecule has 1 aromatic heterocycles. The SMILES string of the molecule is COc1ccccc1NC(=O)C(C)Oc1ccc(-c2cnc3ccccc3n2)cc1. The number of carbonyl (C=O) groups excluding carboxylic acids is 1. The largest absolute Gasteiger partial charge is 0.495 e. The number of rotatable bonds is 6. The molecular weight excluding hydrogens is 378 g/mol. The van der Waals surface area contributed by atoms with E-state index in [2.05, 4.69) is 15.3 Å². The molecular formula is C24H21N3O3. The lowest BCUT2D eigenvalue weighted by molar-refractivity contribution is -0.122. The number of nitrogens with one attached hydrogen (secondary N) is 1. The van der Waals surface area contributed by atoms with Crippen molar-refractivity contribution in [2.45, 2.75) is 13.0 Å². The number of benzene rings is 3. The Morgan fingerprint density at radius 3 is 2.40 bits per heavy atom. The lowest BCUT2D eigenvalue weighted by atomic mass is 10.1. The lowest BCUT2D eigenvalue weighted by Gasteiger charge is -2.16. The molecule has 1 amide bonds. The van der Waals surface area contributed by atoms with E-state index >= 15 is 0 Å². The molecule has 1 unspecified atom stereocenters. The first-order valence-electron chi connectivity index (χ1n) is 9.57. The molecule has 30 heavy (non-hydrogen) atoms. The summed E-state index contributed by atoms with van der Waals surface area (Å²) >= 11 is 0. The summed E-state index contributed by atoms with van der Waals surface area (Å²) in [4.78, 5) is 21.6. The molecule has 6 heteroatoms. The molecule has 3 aromatic carbocycles. The van der Waals surface area contributed by atoms with E-state index in [0.717, 1.165) is 22.3 Å². The summed E-state index contributed by atoms with van der Waals surface area (Å²) in [5, 5.41) is 2.83. The molecule has 1 N–H and O–H groups in total. The monoisotopic (exact) mass is 399 g/mol. The summed E-state index contributed by atoms with van der Waals surface area (Å²) in [5.74, 6) is 0.929. The van der Waals surface area contributed by atoms with Gasteiger partial charge in [-0.3, -0.25) is 9.78 Å². The normalized spacial score (nSPS) is 11.7. The molecule has 0 fully saturated rings. The van der Waals surface area contributed by atoms with Crippen LogP contribution in [0.2, 0.25) is 0 Å². The second-order valence-electron chi connectivity index (χ2n) is 6.72. The quantitative estimate of drug-likeness (QED) is 0.508. The number of para-hydroxylation sites is 4. The first-order valence-corrected chi connectivity index (χ1v) is 9.57. The van der Waals surface area contributed by atoms with Crippen LogP contribution in [0.15, 0.2) is 79.0 Å². The van der Waals surface area contributed by atoms with Gasteiger partial charge in [-0.2, -0.15) is 0 Å². The highest BCUT2D eigenvalue weighted by Gasteiger charge is 2.16. The fourth-order valence-corrected chi connectivity index (χ4v) is 3.04. The van der Waals surface area contributed by atoms with Crippen LogP contribution in [-0.2, 0) is 4.79 Å². The van der Waals surface area contributed by atoms with Gasteiger partial charge in [0.15, 0.2) is 6.10 Å². The van der Waals surface area contributed by atoms with E-state index in [4.69, 9.17) is 9.47 Å². The zero-order chi connectivity index (χ0) is 20.9. The molecule has 0 radical (unpaired) electrons. The smallest absolute Gasteiger partial charge is 0.265 e. The molecule has 4 aromatic rings. The summed E-state index contributed by atoms with van der Waals surface area (Å²) in [6.07, 6.45) is 1.07.